The summed E-state index contributed by atoms with van der Waals surface area (Å²) >= 11 is 1.71. The van der Waals surface area contributed by atoms with E-state index in [2.05, 4.69) is 35.6 Å². The van der Waals surface area contributed by atoms with Crippen LogP contribution >= 0.6 is 11.3 Å². The Labute approximate surface area is 118 Å². The zero-order valence-corrected chi connectivity index (χ0v) is 12.6. The minimum Gasteiger partial charge on any atom is -0.389 e. The van der Waals surface area contributed by atoms with Crippen molar-refractivity contribution in [1.29, 1.82) is 0 Å². The van der Waals surface area contributed by atoms with E-state index in [1.165, 1.54) is 10.3 Å². The van der Waals surface area contributed by atoms with Crippen LogP contribution < -0.4 is 5.32 Å². The molecule has 0 saturated carbocycles. The Kier molecular flexibility index (Phi) is 4.55. The third-order valence-corrected chi connectivity index (χ3v) is 4.25. The second kappa shape index (κ2) is 5.99. The molecule has 0 aliphatic carbocycles. The second-order valence-corrected chi connectivity index (χ2v) is 6.37. The standard InChI is InChI=1S/C15H22N2OS/c1-4-6-15(3,18)10-17-11(2)12-8-14-13(16-9-12)5-7-19-14/h5,7-9,11,17-18H,4,6,10H2,1-3H3. The van der Waals surface area contributed by atoms with E-state index in [-0.39, 0.29) is 6.04 Å². The molecule has 104 valence electrons. The first-order valence-electron chi connectivity index (χ1n) is 6.81. The minimum absolute atomic E-state index is 0.197. The van der Waals surface area contributed by atoms with Crippen molar-refractivity contribution in [1.82, 2.24) is 10.3 Å². The first-order chi connectivity index (χ1) is 9.02. The van der Waals surface area contributed by atoms with Gasteiger partial charge in [0.05, 0.1) is 15.8 Å². The number of hydrogen-bond donors (Lipinski definition) is 2. The van der Waals surface area contributed by atoms with Gasteiger partial charge in [0.1, 0.15) is 0 Å². The van der Waals surface area contributed by atoms with Crippen molar-refractivity contribution in [3.8, 4) is 0 Å². The van der Waals surface area contributed by atoms with Gasteiger partial charge in [-0.3, -0.25) is 4.98 Å². The Hall–Kier alpha value is -0.970. The first-order valence-corrected chi connectivity index (χ1v) is 7.69. The molecule has 0 bridgehead atoms. The number of thiophene rings is 1. The average Bonchev–Trinajstić information content (AvgIpc) is 2.83. The lowest BCUT2D eigenvalue weighted by molar-refractivity contribution is 0.0476. The van der Waals surface area contributed by atoms with Gasteiger partial charge in [0.2, 0.25) is 0 Å². The van der Waals surface area contributed by atoms with Crippen LogP contribution in [-0.4, -0.2) is 22.2 Å². The van der Waals surface area contributed by atoms with Crippen molar-refractivity contribution in [3.05, 3.63) is 29.3 Å². The van der Waals surface area contributed by atoms with Gasteiger partial charge in [0, 0.05) is 18.8 Å². The van der Waals surface area contributed by atoms with Crippen LogP contribution in [0.5, 0.6) is 0 Å². The molecule has 2 rings (SSSR count). The molecule has 0 aromatic carbocycles. The fourth-order valence-electron chi connectivity index (χ4n) is 2.22. The molecule has 0 radical (unpaired) electrons. The van der Waals surface area contributed by atoms with Crippen LogP contribution in [0, 0.1) is 0 Å². The van der Waals surface area contributed by atoms with E-state index in [1.54, 1.807) is 11.3 Å². The monoisotopic (exact) mass is 278 g/mol. The molecule has 0 fully saturated rings. The zero-order chi connectivity index (χ0) is 13.9. The Morgan fingerprint density at radius 3 is 3.05 bits per heavy atom. The van der Waals surface area contributed by atoms with E-state index in [0.717, 1.165) is 18.4 Å². The van der Waals surface area contributed by atoms with Gasteiger partial charge in [-0.25, -0.2) is 0 Å². The lowest BCUT2D eigenvalue weighted by Gasteiger charge is -2.25. The molecule has 0 saturated heterocycles. The van der Waals surface area contributed by atoms with Crippen molar-refractivity contribution in [2.45, 2.75) is 45.3 Å². The molecule has 3 nitrogen and oxygen atoms in total. The lowest BCUT2D eigenvalue weighted by atomic mass is 10.00. The molecule has 0 spiro atoms. The van der Waals surface area contributed by atoms with Crippen LogP contribution in [0.4, 0.5) is 0 Å². The van der Waals surface area contributed by atoms with Gasteiger partial charge >= 0.3 is 0 Å². The summed E-state index contributed by atoms with van der Waals surface area (Å²) < 4.78 is 1.21. The molecule has 4 heteroatoms. The normalized spacial score (nSPS) is 16.4. The number of aliphatic hydroxyl groups is 1. The number of rotatable bonds is 6. The van der Waals surface area contributed by atoms with Crippen LogP contribution in [0.25, 0.3) is 10.2 Å². The number of nitrogens with zero attached hydrogens (tertiary/aromatic N) is 1. The summed E-state index contributed by atoms with van der Waals surface area (Å²) in [5.74, 6) is 0. The van der Waals surface area contributed by atoms with Gasteiger partial charge in [-0.05, 0) is 43.3 Å². The summed E-state index contributed by atoms with van der Waals surface area (Å²) in [6, 6.07) is 4.41. The minimum atomic E-state index is -0.635. The Morgan fingerprint density at radius 1 is 1.53 bits per heavy atom. The van der Waals surface area contributed by atoms with Crippen LogP contribution in [0.1, 0.15) is 45.2 Å². The van der Waals surface area contributed by atoms with Crippen LogP contribution in [0.3, 0.4) is 0 Å². The largest absolute Gasteiger partial charge is 0.389 e. The maximum absolute atomic E-state index is 10.2. The Bertz CT molecular complexity index is 536. The molecule has 2 heterocycles. The van der Waals surface area contributed by atoms with Gasteiger partial charge in [-0.1, -0.05) is 13.3 Å². The molecule has 2 unspecified atom stereocenters. The molecule has 2 atom stereocenters. The van der Waals surface area contributed by atoms with Gasteiger partial charge in [-0.15, -0.1) is 11.3 Å². The Morgan fingerprint density at radius 2 is 2.32 bits per heavy atom. The van der Waals surface area contributed by atoms with E-state index in [9.17, 15) is 5.11 Å². The molecule has 2 aromatic heterocycles. The summed E-state index contributed by atoms with van der Waals surface area (Å²) in [4.78, 5) is 4.45. The molecule has 0 aliphatic heterocycles. The van der Waals surface area contributed by atoms with Crippen molar-refractivity contribution < 1.29 is 5.11 Å². The summed E-state index contributed by atoms with van der Waals surface area (Å²) in [5.41, 5.74) is 1.59. The third kappa shape index (κ3) is 3.75. The molecular formula is C15H22N2OS. The van der Waals surface area contributed by atoms with Crippen molar-refractivity contribution in [3.63, 3.8) is 0 Å². The van der Waals surface area contributed by atoms with E-state index in [4.69, 9.17) is 0 Å². The van der Waals surface area contributed by atoms with E-state index < -0.39 is 5.60 Å². The van der Waals surface area contributed by atoms with Crippen molar-refractivity contribution in [2.24, 2.45) is 0 Å². The molecule has 19 heavy (non-hydrogen) atoms. The van der Waals surface area contributed by atoms with E-state index in [0.29, 0.717) is 6.54 Å². The fourth-order valence-corrected chi connectivity index (χ4v) is 3.01. The summed E-state index contributed by atoms with van der Waals surface area (Å²) in [6.07, 6.45) is 3.72. The molecule has 0 aliphatic rings. The zero-order valence-electron chi connectivity index (χ0n) is 11.8. The van der Waals surface area contributed by atoms with Crippen LogP contribution in [-0.2, 0) is 0 Å². The van der Waals surface area contributed by atoms with Crippen LogP contribution in [0.2, 0.25) is 0 Å². The highest BCUT2D eigenvalue weighted by Crippen LogP contribution is 2.23. The molecule has 2 aromatic rings. The highest BCUT2D eigenvalue weighted by Gasteiger charge is 2.20. The quantitative estimate of drug-likeness (QED) is 0.850. The average molecular weight is 278 g/mol. The number of pyridine rings is 1. The number of aromatic nitrogens is 1. The highest BCUT2D eigenvalue weighted by atomic mass is 32.1. The van der Waals surface area contributed by atoms with Crippen LogP contribution in [0.15, 0.2) is 23.7 Å². The first kappa shape index (κ1) is 14.4. The van der Waals surface area contributed by atoms with Crippen molar-refractivity contribution in [2.75, 3.05) is 6.54 Å². The summed E-state index contributed by atoms with van der Waals surface area (Å²) in [6.45, 7) is 6.69. The van der Waals surface area contributed by atoms with Gasteiger partial charge in [0.25, 0.3) is 0 Å². The van der Waals surface area contributed by atoms with Crippen molar-refractivity contribution >= 4 is 21.6 Å². The highest BCUT2D eigenvalue weighted by molar-refractivity contribution is 7.17. The topological polar surface area (TPSA) is 45.1 Å². The maximum Gasteiger partial charge on any atom is 0.0809 e. The maximum atomic E-state index is 10.2. The number of hydrogen-bond acceptors (Lipinski definition) is 4. The number of fused-ring (bicyclic) bond motifs is 1. The predicted molar refractivity (Wildman–Crippen MR) is 81.6 cm³/mol. The summed E-state index contributed by atoms with van der Waals surface area (Å²) in [7, 11) is 0. The van der Waals surface area contributed by atoms with Gasteiger partial charge in [-0.2, -0.15) is 0 Å². The summed E-state index contributed by atoms with van der Waals surface area (Å²) in [5, 5.41) is 15.6. The predicted octanol–water partition coefficient (Wildman–Crippen LogP) is 3.50. The smallest absolute Gasteiger partial charge is 0.0809 e. The lowest BCUT2D eigenvalue weighted by Crippen LogP contribution is -2.38. The Balaban J connectivity index is 2.01. The van der Waals surface area contributed by atoms with Gasteiger partial charge in [0.15, 0.2) is 0 Å². The molecular weight excluding hydrogens is 256 g/mol. The van der Waals surface area contributed by atoms with E-state index >= 15 is 0 Å². The van der Waals surface area contributed by atoms with Gasteiger partial charge < -0.3 is 10.4 Å². The molecule has 2 N–H and O–H groups in total. The second-order valence-electron chi connectivity index (χ2n) is 5.42. The fraction of sp³-hybridized carbons (Fsp3) is 0.533. The molecule has 0 amide bonds. The van der Waals surface area contributed by atoms with E-state index in [1.807, 2.05) is 19.2 Å². The third-order valence-electron chi connectivity index (χ3n) is 3.40. The SMILES string of the molecule is CCCC(C)(O)CNC(C)c1cnc2ccsc2c1. The number of nitrogens with one attached hydrogen (secondary N) is 1.